The van der Waals surface area contributed by atoms with Gasteiger partial charge in [0.2, 0.25) is 0 Å². The molecule has 0 spiro atoms. The van der Waals surface area contributed by atoms with Crippen LogP contribution < -0.4 is 5.32 Å². The first-order valence-electron chi connectivity index (χ1n) is 5.75. The van der Waals surface area contributed by atoms with Gasteiger partial charge in [-0.1, -0.05) is 35.3 Å². The number of aliphatic carboxylic acids is 1. The Morgan fingerprint density at radius 1 is 1.44 bits per heavy atom. The van der Waals surface area contributed by atoms with Gasteiger partial charge in [-0.2, -0.15) is 0 Å². The number of rotatable bonds is 5. The van der Waals surface area contributed by atoms with Crippen LogP contribution in [0.15, 0.2) is 22.7 Å². The van der Waals surface area contributed by atoms with Crippen LogP contribution in [0.5, 0.6) is 0 Å². The standard InChI is InChI=1S/C13H16BrNO3/c1-3-4-11(13(17)18)15-12(16)10-7-9(14)6-5-8(10)2/h5-7,11H,3-4H2,1-2H3,(H,15,16)(H,17,18)/t11-/m0/s1. The van der Waals surface area contributed by atoms with Crippen LogP contribution in [0.1, 0.15) is 35.7 Å². The average molecular weight is 314 g/mol. The molecule has 1 amide bonds. The highest BCUT2D eigenvalue weighted by molar-refractivity contribution is 9.10. The van der Waals surface area contributed by atoms with Crippen LogP contribution in [-0.4, -0.2) is 23.0 Å². The second-order valence-corrected chi connectivity index (χ2v) is 5.03. The summed E-state index contributed by atoms with van der Waals surface area (Å²) in [4.78, 5) is 23.0. The average Bonchev–Trinajstić information content (AvgIpc) is 2.31. The lowest BCUT2D eigenvalue weighted by atomic mass is 10.1. The molecular formula is C13H16BrNO3. The minimum absolute atomic E-state index is 0.352. The highest BCUT2D eigenvalue weighted by Crippen LogP contribution is 2.16. The van der Waals surface area contributed by atoms with Crippen molar-refractivity contribution < 1.29 is 14.7 Å². The lowest BCUT2D eigenvalue weighted by molar-refractivity contribution is -0.139. The number of carboxylic acids is 1. The van der Waals surface area contributed by atoms with Crippen molar-refractivity contribution in [2.45, 2.75) is 32.7 Å². The Kier molecular flexibility index (Phi) is 5.34. The van der Waals surface area contributed by atoms with Crippen LogP contribution in [0, 0.1) is 6.92 Å². The van der Waals surface area contributed by atoms with Crippen LogP contribution in [0.25, 0.3) is 0 Å². The molecule has 98 valence electrons. The summed E-state index contributed by atoms with van der Waals surface area (Å²) in [6, 6.07) is 4.51. The molecule has 5 heteroatoms. The van der Waals surface area contributed by atoms with E-state index >= 15 is 0 Å². The van der Waals surface area contributed by atoms with E-state index in [1.807, 2.05) is 26.0 Å². The number of hydrogen-bond donors (Lipinski definition) is 2. The lowest BCUT2D eigenvalue weighted by Crippen LogP contribution is -2.40. The zero-order valence-corrected chi connectivity index (χ0v) is 12.0. The second-order valence-electron chi connectivity index (χ2n) is 4.11. The molecule has 1 atom stereocenters. The van der Waals surface area contributed by atoms with Crippen LogP contribution in [-0.2, 0) is 4.79 Å². The summed E-state index contributed by atoms with van der Waals surface area (Å²) in [5.74, 6) is -1.35. The fraction of sp³-hybridized carbons (Fsp3) is 0.385. The monoisotopic (exact) mass is 313 g/mol. The van der Waals surface area contributed by atoms with E-state index in [4.69, 9.17) is 5.11 Å². The summed E-state index contributed by atoms with van der Waals surface area (Å²) >= 11 is 3.29. The molecule has 4 nitrogen and oxygen atoms in total. The summed E-state index contributed by atoms with van der Waals surface area (Å²) in [6.07, 6.45) is 1.13. The number of amides is 1. The predicted octanol–water partition coefficient (Wildman–Crippen LogP) is 2.74. The van der Waals surface area contributed by atoms with Crippen molar-refractivity contribution >= 4 is 27.8 Å². The quantitative estimate of drug-likeness (QED) is 0.878. The molecule has 2 N–H and O–H groups in total. The predicted molar refractivity (Wildman–Crippen MR) is 72.7 cm³/mol. The van der Waals surface area contributed by atoms with Crippen LogP contribution in [0.2, 0.25) is 0 Å². The van der Waals surface area contributed by atoms with Gasteiger partial charge >= 0.3 is 5.97 Å². The number of carboxylic acid groups (broad SMARTS) is 1. The third kappa shape index (κ3) is 3.84. The zero-order valence-electron chi connectivity index (χ0n) is 10.4. The molecular weight excluding hydrogens is 298 g/mol. The lowest BCUT2D eigenvalue weighted by Gasteiger charge is -2.14. The summed E-state index contributed by atoms with van der Waals surface area (Å²) in [5, 5.41) is 11.5. The van der Waals surface area contributed by atoms with Crippen molar-refractivity contribution in [3.8, 4) is 0 Å². The van der Waals surface area contributed by atoms with Gasteiger partial charge in [0.25, 0.3) is 5.91 Å². The third-order valence-electron chi connectivity index (χ3n) is 2.63. The molecule has 1 aromatic carbocycles. The van der Waals surface area contributed by atoms with Gasteiger partial charge in [0.15, 0.2) is 0 Å². The van der Waals surface area contributed by atoms with Gasteiger partial charge in [0.05, 0.1) is 0 Å². The zero-order chi connectivity index (χ0) is 13.7. The smallest absolute Gasteiger partial charge is 0.326 e. The molecule has 0 radical (unpaired) electrons. The Hall–Kier alpha value is -1.36. The summed E-state index contributed by atoms with van der Waals surface area (Å²) in [6.45, 7) is 3.70. The number of hydrogen-bond acceptors (Lipinski definition) is 2. The normalized spacial score (nSPS) is 11.9. The molecule has 0 bridgehead atoms. The van der Waals surface area contributed by atoms with E-state index < -0.39 is 12.0 Å². The van der Waals surface area contributed by atoms with Crippen molar-refractivity contribution in [1.82, 2.24) is 5.32 Å². The Balaban J connectivity index is 2.86. The Bertz CT molecular complexity index is 460. The van der Waals surface area contributed by atoms with E-state index in [2.05, 4.69) is 21.2 Å². The molecule has 0 fully saturated rings. The number of nitrogens with one attached hydrogen (secondary N) is 1. The highest BCUT2D eigenvalue weighted by Gasteiger charge is 2.20. The molecule has 0 aliphatic rings. The van der Waals surface area contributed by atoms with Gasteiger partial charge in [0.1, 0.15) is 6.04 Å². The maximum atomic E-state index is 12.0. The molecule has 1 rings (SSSR count). The third-order valence-corrected chi connectivity index (χ3v) is 3.12. The molecule has 0 heterocycles. The fourth-order valence-electron chi connectivity index (χ4n) is 1.62. The number of benzene rings is 1. The summed E-state index contributed by atoms with van der Waals surface area (Å²) < 4.78 is 0.792. The van der Waals surface area contributed by atoms with E-state index in [0.717, 1.165) is 10.0 Å². The number of carbonyl (C=O) groups excluding carboxylic acids is 1. The fourth-order valence-corrected chi connectivity index (χ4v) is 1.98. The van der Waals surface area contributed by atoms with Crippen molar-refractivity contribution in [3.63, 3.8) is 0 Å². The minimum atomic E-state index is -1.00. The van der Waals surface area contributed by atoms with Crippen molar-refractivity contribution in [2.75, 3.05) is 0 Å². The van der Waals surface area contributed by atoms with Gasteiger partial charge in [-0.05, 0) is 31.0 Å². The van der Waals surface area contributed by atoms with E-state index in [1.165, 1.54) is 0 Å². The van der Waals surface area contributed by atoms with E-state index in [1.54, 1.807) is 6.07 Å². The van der Waals surface area contributed by atoms with Crippen molar-refractivity contribution in [2.24, 2.45) is 0 Å². The first-order chi connectivity index (χ1) is 8.45. The molecule has 0 aromatic heterocycles. The Morgan fingerprint density at radius 2 is 2.11 bits per heavy atom. The van der Waals surface area contributed by atoms with Gasteiger partial charge in [-0.25, -0.2) is 4.79 Å². The van der Waals surface area contributed by atoms with E-state index in [9.17, 15) is 9.59 Å². The highest BCUT2D eigenvalue weighted by atomic mass is 79.9. The van der Waals surface area contributed by atoms with Crippen LogP contribution in [0.3, 0.4) is 0 Å². The molecule has 0 saturated carbocycles. The molecule has 0 aliphatic carbocycles. The Morgan fingerprint density at radius 3 is 2.67 bits per heavy atom. The van der Waals surface area contributed by atoms with Gasteiger partial charge < -0.3 is 10.4 Å². The van der Waals surface area contributed by atoms with Gasteiger partial charge in [-0.3, -0.25) is 4.79 Å². The largest absolute Gasteiger partial charge is 0.480 e. The Labute approximate surface area is 115 Å². The molecule has 0 saturated heterocycles. The van der Waals surface area contributed by atoms with Crippen molar-refractivity contribution in [3.05, 3.63) is 33.8 Å². The topological polar surface area (TPSA) is 66.4 Å². The molecule has 0 aliphatic heterocycles. The molecule has 18 heavy (non-hydrogen) atoms. The van der Waals surface area contributed by atoms with Crippen LogP contribution in [0.4, 0.5) is 0 Å². The summed E-state index contributed by atoms with van der Waals surface area (Å²) in [5.41, 5.74) is 1.31. The molecule has 1 aromatic rings. The molecule has 0 unspecified atom stereocenters. The maximum Gasteiger partial charge on any atom is 0.326 e. The number of aryl methyl sites for hydroxylation is 1. The minimum Gasteiger partial charge on any atom is -0.480 e. The first-order valence-corrected chi connectivity index (χ1v) is 6.54. The van der Waals surface area contributed by atoms with E-state index in [0.29, 0.717) is 18.4 Å². The van der Waals surface area contributed by atoms with Gasteiger partial charge in [0, 0.05) is 10.0 Å². The van der Waals surface area contributed by atoms with E-state index in [-0.39, 0.29) is 5.91 Å². The van der Waals surface area contributed by atoms with Crippen molar-refractivity contribution in [1.29, 1.82) is 0 Å². The second kappa shape index (κ2) is 6.54. The SMILES string of the molecule is CCC[C@H](NC(=O)c1cc(Br)ccc1C)C(=O)O. The number of halogens is 1. The maximum absolute atomic E-state index is 12.0. The number of carbonyl (C=O) groups is 2. The van der Waals surface area contributed by atoms with Crippen LogP contribution >= 0.6 is 15.9 Å². The first kappa shape index (κ1) is 14.7. The van der Waals surface area contributed by atoms with Gasteiger partial charge in [-0.15, -0.1) is 0 Å². The summed E-state index contributed by atoms with van der Waals surface area (Å²) in [7, 11) is 0.